The third-order valence-electron chi connectivity index (χ3n) is 6.04. The van der Waals surface area contributed by atoms with Crippen LogP contribution in [0, 0.1) is 0 Å². The lowest BCUT2D eigenvalue weighted by molar-refractivity contribution is -0.117. The van der Waals surface area contributed by atoms with Gasteiger partial charge in [-0.2, -0.15) is 0 Å². The van der Waals surface area contributed by atoms with Gasteiger partial charge in [-0.1, -0.05) is 31.2 Å². The summed E-state index contributed by atoms with van der Waals surface area (Å²) in [4.78, 5) is 29.4. The normalized spacial score (nSPS) is 16.5. The first-order chi connectivity index (χ1) is 14.1. The third kappa shape index (κ3) is 4.51. The highest BCUT2D eigenvalue weighted by atomic mass is 16.2. The predicted octanol–water partition coefficient (Wildman–Crippen LogP) is 3.13. The van der Waals surface area contributed by atoms with Gasteiger partial charge in [-0.05, 0) is 60.6 Å². The molecule has 1 fully saturated rings. The summed E-state index contributed by atoms with van der Waals surface area (Å²) in [6, 6.07) is 14.1. The number of anilines is 1. The fourth-order valence-corrected chi connectivity index (χ4v) is 4.34. The number of nitrogens with one attached hydrogen (secondary N) is 1. The molecule has 1 aliphatic heterocycles. The molecule has 1 heterocycles. The molecular weight excluding hydrogens is 362 g/mol. The number of para-hydroxylation sites is 1. The summed E-state index contributed by atoms with van der Waals surface area (Å²) in [5.74, 6) is 0.116. The van der Waals surface area contributed by atoms with Gasteiger partial charge in [-0.3, -0.25) is 14.5 Å². The summed E-state index contributed by atoms with van der Waals surface area (Å²) in [5.41, 5.74) is 5.56. The second kappa shape index (κ2) is 8.78. The zero-order valence-corrected chi connectivity index (χ0v) is 17.1. The Morgan fingerprint density at radius 3 is 2.52 bits per heavy atom. The van der Waals surface area contributed by atoms with E-state index in [0.29, 0.717) is 19.6 Å². The summed E-state index contributed by atoms with van der Waals surface area (Å²) in [6.07, 6.45) is 4.30. The average Bonchev–Trinajstić information content (AvgIpc) is 3.22. The van der Waals surface area contributed by atoms with Gasteiger partial charge in [-0.15, -0.1) is 0 Å². The molecule has 1 aliphatic carbocycles. The van der Waals surface area contributed by atoms with E-state index < -0.39 is 0 Å². The molecule has 0 aromatic heterocycles. The monoisotopic (exact) mass is 391 g/mol. The van der Waals surface area contributed by atoms with E-state index in [1.165, 1.54) is 17.5 Å². The lowest BCUT2D eigenvalue weighted by Crippen LogP contribution is -2.50. The van der Waals surface area contributed by atoms with Gasteiger partial charge >= 0.3 is 0 Å². The molecule has 152 valence electrons. The van der Waals surface area contributed by atoms with E-state index in [1.807, 2.05) is 35.2 Å². The van der Waals surface area contributed by atoms with Crippen LogP contribution in [0.2, 0.25) is 0 Å². The first kappa shape index (κ1) is 19.6. The molecule has 0 bridgehead atoms. The van der Waals surface area contributed by atoms with Gasteiger partial charge < -0.3 is 10.2 Å². The number of aryl methyl sites for hydroxylation is 3. The van der Waals surface area contributed by atoms with Crippen molar-refractivity contribution in [3.8, 4) is 0 Å². The van der Waals surface area contributed by atoms with Gasteiger partial charge in [-0.25, -0.2) is 0 Å². The maximum atomic E-state index is 12.9. The fraction of sp³-hybridized carbons (Fsp3) is 0.417. The highest BCUT2D eigenvalue weighted by Crippen LogP contribution is 2.23. The Morgan fingerprint density at radius 2 is 1.72 bits per heavy atom. The highest BCUT2D eigenvalue weighted by Gasteiger charge is 2.24. The first-order valence-electron chi connectivity index (χ1n) is 10.6. The smallest absolute Gasteiger partial charge is 0.253 e. The van der Waals surface area contributed by atoms with E-state index in [9.17, 15) is 9.59 Å². The Balaban J connectivity index is 1.29. The van der Waals surface area contributed by atoms with E-state index >= 15 is 0 Å². The van der Waals surface area contributed by atoms with Crippen LogP contribution >= 0.6 is 0 Å². The van der Waals surface area contributed by atoms with Crippen LogP contribution < -0.4 is 5.32 Å². The minimum Gasteiger partial charge on any atom is -0.336 e. The SMILES string of the molecule is CCc1ccccc1NC(=O)CN1CCN(C(=O)c2ccc3c(c2)CCC3)CC1. The molecule has 1 N–H and O–H groups in total. The van der Waals surface area contributed by atoms with Crippen LogP contribution in [0.4, 0.5) is 5.69 Å². The van der Waals surface area contributed by atoms with Crippen molar-refractivity contribution in [1.82, 2.24) is 9.80 Å². The number of benzene rings is 2. The molecular formula is C24H29N3O2. The van der Waals surface area contributed by atoms with Crippen molar-refractivity contribution in [1.29, 1.82) is 0 Å². The minimum atomic E-state index is 0.00398. The molecule has 4 rings (SSSR count). The summed E-state index contributed by atoms with van der Waals surface area (Å²) in [5, 5.41) is 3.03. The Hall–Kier alpha value is -2.66. The number of amides is 2. The molecule has 5 nitrogen and oxygen atoms in total. The molecule has 0 atom stereocenters. The van der Waals surface area contributed by atoms with Crippen LogP contribution in [0.1, 0.15) is 40.4 Å². The number of hydrogen-bond acceptors (Lipinski definition) is 3. The Labute approximate surface area is 172 Å². The maximum Gasteiger partial charge on any atom is 0.253 e. The lowest BCUT2D eigenvalue weighted by Gasteiger charge is -2.34. The number of nitrogens with zero attached hydrogens (tertiary/aromatic N) is 2. The summed E-state index contributed by atoms with van der Waals surface area (Å²) in [6.45, 7) is 5.21. The molecule has 1 saturated heterocycles. The quantitative estimate of drug-likeness (QED) is 0.852. The van der Waals surface area contributed by atoms with Crippen LogP contribution in [0.15, 0.2) is 42.5 Å². The standard InChI is InChI=1S/C24H29N3O2/c1-2-18-6-3-4-9-22(18)25-23(28)17-26-12-14-27(15-13-26)24(29)21-11-10-19-7-5-8-20(19)16-21/h3-4,6,9-11,16H,2,5,7-8,12-15,17H2,1H3,(H,25,28). The van der Waals surface area contributed by atoms with Gasteiger partial charge in [0.25, 0.3) is 5.91 Å². The second-order valence-electron chi connectivity index (χ2n) is 7.96. The van der Waals surface area contributed by atoms with Crippen LogP contribution in [0.5, 0.6) is 0 Å². The van der Waals surface area contributed by atoms with E-state index in [2.05, 4.69) is 29.3 Å². The van der Waals surface area contributed by atoms with Gasteiger partial charge in [0.1, 0.15) is 0 Å². The summed E-state index contributed by atoms with van der Waals surface area (Å²) >= 11 is 0. The lowest BCUT2D eigenvalue weighted by atomic mass is 10.1. The molecule has 0 radical (unpaired) electrons. The molecule has 2 aromatic carbocycles. The van der Waals surface area contributed by atoms with E-state index in [1.54, 1.807) is 0 Å². The van der Waals surface area contributed by atoms with Gasteiger partial charge in [0.05, 0.1) is 6.54 Å². The van der Waals surface area contributed by atoms with E-state index in [4.69, 9.17) is 0 Å². The summed E-state index contributed by atoms with van der Waals surface area (Å²) in [7, 11) is 0. The molecule has 0 unspecified atom stereocenters. The number of carbonyl (C=O) groups is 2. The van der Waals surface area contributed by atoms with Gasteiger partial charge in [0.15, 0.2) is 0 Å². The topological polar surface area (TPSA) is 52.7 Å². The number of hydrogen-bond donors (Lipinski definition) is 1. The van der Waals surface area contributed by atoms with E-state index in [0.717, 1.165) is 49.2 Å². The number of piperazine rings is 1. The van der Waals surface area contributed by atoms with Gasteiger partial charge in [0.2, 0.25) is 5.91 Å². The summed E-state index contributed by atoms with van der Waals surface area (Å²) < 4.78 is 0. The first-order valence-corrected chi connectivity index (χ1v) is 10.6. The van der Waals surface area contributed by atoms with Crippen molar-refractivity contribution in [3.05, 3.63) is 64.7 Å². The minimum absolute atomic E-state index is 0.00398. The van der Waals surface area contributed by atoms with Crippen molar-refractivity contribution in [2.24, 2.45) is 0 Å². The van der Waals surface area contributed by atoms with Crippen molar-refractivity contribution in [2.45, 2.75) is 32.6 Å². The van der Waals surface area contributed by atoms with Crippen LogP contribution in [-0.4, -0.2) is 54.3 Å². The highest BCUT2D eigenvalue weighted by molar-refractivity contribution is 5.95. The number of carbonyl (C=O) groups excluding carboxylic acids is 2. The molecule has 5 heteroatoms. The van der Waals surface area contributed by atoms with Crippen molar-refractivity contribution in [2.75, 3.05) is 38.0 Å². The molecule has 2 aromatic rings. The molecule has 29 heavy (non-hydrogen) atoms. The third-order valence-corrected chi connectivity index (χ3v) is 6.04. The van der Waals surface area contributed by atoms with Crippen LogP contribution in [0.25, 0.3) is 0 Å². The van der Waals surface area contributed by atoms with Crippen LogP contribution in [-0.2, 0) is 24.1 Å². The second-order valence-corrected chi connectivity index (χ2v) is 7.96. The predicted molar refractivity (Wildman–Crippen MR) is 115 cm³/mol. The number of fused-ring (bicyclic) bond motifs is 1. The Morgan fingerprint density at radius 1 is 0.966 bits per heavy atom. The van der Waals surface area contributed by atoms with Crippen molar-refractivity contribution >= 4 is 17.5 Å². The van der Waals surface area contributed by atoms with E-state index in [-0.39, 0.29) is 11.8 Å². The maximum absolute atomic E-state index is 12.9. The largest absolute Gasteiger partial charge is 0.336 e. The zero-order chi connectivity index (χ0) is 20.2. The van der Waals surface area contributed by atoms with Crippen molar-refractivity contribution < 1.29 is 9.59 Å². The molecule has 0 spiro atoms. The molecule has 2 amide bonds. The Kier molecular flexibility index (Phi) is 5.95. The molecule has 0 saturated carbocycles. The number of rotatable bonds is 5. The van der Waals surface area contributed by atoms with Crippen LogP contribution in [0.3, 0.4) is 0 Å². The Bertz CT molecular complexity index is 901. The zero-order valence-electron chi connectivity index (χ0n) is 17.1. The average molecular weight is 392 g/mol. The van der Waals surface area contributed by atoms with Gasteiger partial charge in [0, 0.05) is 37.4 Å². The fourth-order valence-electron chi connectivity index (χ4n) is 4.34. The van der Waals surface area contributed by atoms with Crippen molar-refractivity contribution in [3.63, 3.8) is 0 Å². The molecule has 2 aliphatic rings.